The summed E-state index contributed by atoms with van der Waals surface area (Å²) in [6, 6.07) is 8.82. The second-order valence-electron chi connectivity index (χ2n) is 4.13. The van der Waals surface area contributed by atoms with Gasteiger partial charge in [0, 0.05) is 15.2 Å². The fraction of sp³-hybridized carbons (Fsp3) is 0. The predicted molar refractivity (Wildman–Crippen MR) is 83.8 cm³/mol. The Bertz CT molecular complexity index is 853. The first kappa shape index (κ1) is 12.9. The van der Waals surface area contributed by atoms with Gasteiger partial charge in [0.15, 0.2) is 5.69 Å². The summed E-state index contributed by atoms with van der Waals surface area (Å²) in [6.07, 6.45) is 1.50. The number of aromatic amines is 2. The van der Waals surface area contributed by atoms with E-state index >= 15 is 0 Å². The van der Waals surface area contributed by atoms with Crippen LogP contribution in [0.3, 0.4) is 0 Å². The third kappa shape index (κ3) is 2.31. The Labute approximate surface area is 126 Å². The summed E-state index contributed by atoms with van der Waals surface area (Å²) in [6.45, 7) is 0. The quantitative estimate of drug-likeness (QED) is 0.595. The van der Waals surface area contributed by atoms with Crippen molar-refractivity contribution in [3.05, 3.63) is 56.1 Å². The lowest BCUT2D eigenvalue weighted by atomic mass is 10.2. The fourth-order valence-corrected chi connectivity index (χ4v) is 2.35. The number of amides is 1. The van der Waals surface area contributed by atoms with Gasteiger partial charge in [-0.25, -0.2) is 0 Å². The zero-order chi connectivity index (χ0) is 14.1. The first-order valence-corrected chi connectivity index (χ1v) is 6.86. The summed E-state index contributed by atoms with van der Waals surface area (Å²) in [4.78, 5) is 26.2. The molecular weight excluding hydrogens is 371 g/mol. The highest BCUT2D eigenvalue weighted by Gasteiger charge is 2.15. The number of aromatic nitrogens is 3. The van der Waals surface area contributed by atoms with Crippen molar-refractivity contribution in [1.82, 2.24) is 15.2 Å². The number of hydrogen-bond donors (Lipinski definition) is 3. The maximum atomic E-state index is 12.2. The number of carbonyl (C=O) groups is 1. The third-order valence-corrected chi connectivity index (χ3v) is 3.48. The number of rotatable bonds is 2. The largest absolute Gasteiger partial charge is 0.327 e. The van der Waals surface area contributed by atoms with E-state index in [4.69, 9.17) is 0 Å². The van der Waals surface area contributed by atoms with Crippen molar-refractivity contribution in [2.24, 2.45) is 0 Å². The second-order valence-corrected chi connectivity index (χ2v) is 5.37. The van der Waals surface area contributed by atoms with Crippen LogP contribution >= 0.6 is 22.6 Å². The molecule has 0 aliphatic heterocycles. The van der Waals surface area contributed by atoms with Crippen LogP contribution in [0.15, 0.2) is 41.3 Å². The van der Waals surface area contributed by atoms with Crippen molar-refractivity contribution in [1.29, 1.82) is 0 Å². The van der Waals surface area contributed by atoms with E-state index in [1.165, 1.54) is 12.3 Å². The van der Waals surface area contributed by atoms with E-state index in [1.807, 2.05) is 18.2 Å². The average molecular weight is 380 g/mol. The van der Waals surface area contributed by atoms with Gasteiger partial charge >= 0.3 is 0 Å². The molecule has 3 aromatic rings. The third-order valence-electron chi connectivity index (χ3n) is 2.81. The standard InChI is InChI=1S/C13H9IN4O2/c14-7-3-4-9-8(6-7)11(18-17-9)13(20)16-10-2-1-5-15-12(10)19/h1-6H,(H,15,19)(H,16,20)(H,17,18). The normalized spacial score (nSPS) is 10.7. The van der Waals surface area contributed by atoms with Gasteiger partial charge in [-0.2, -0.15) is 5.10 Å². The van der Waals surface area contributed by atoms with E-state index in [0.717, 1.165) is 14.5 Å². The smallest absolute Gasteiger partial charge is 0.276 e. The molecule has 1 amide bonds. The molecule has 7 heteroatoms. The molecule has 0 aliphatic carbocycles. The molecule has 0 saturated heterocycles. The van der Waals surface area contributed by atoms with Crippen LogP contribution in [-0.4, -0.2) is 21.1 Å². The number of fused-ring (bicyclic) bond motifs is 1. The number of anilines is 1. The molecule has 20 heavy (non-hydrogen) atoms. The van der Waals surface area contributed by atoms with Gasteiger partial charge in [-0.1, -0.05) is 0 Å². The lowest BCUT2D eigenvalue weighted by molar-refractivity contribution is 0.102. The summed E-state index contributed by atoms with van der Waals surface area (Å²) in [5, 5.41) is 10.1. The minimum atomic E-state index is -0.421. The van der Waals surface area contributed by atoms with Gasteiger partial charge in [-0.3, -0.25) is 14.7 Å². The number of pyridine rings is 1. The Balaban J connectivity index is 1.99. The number of nitrogens with zero attached hydrogens (tertiary/aromatic N) is 1. The maximum absolute atomic E-state index is 12.2. The number of nitrogens with one attached hydrogen (secondary N) is 3. The van der Waals surface area contributed by atoms with Crippen LogP contribution in [-0.2, 0) is 0 Å². The Morgan fingerprint density at radius 2 is 2.15 bits per heavy atom. The molecular formula is C13H9IN4O2. The highest BCUT2D eigenvalue weighted by molar-refractivity contribution is 14.1. The lowest BCUT2D eigenvalue weighted by Crippen LogP contribution is -2.19. The van der Waals surface area contributed by atoms with E-state index in [2.05, 4.69) is 43.1 Å². The zero-order valence-electron chi connectivity index (χ0n) is 10.1. The molecule has 6 nitrogen and oxygen atoms in total. The van der Waals surface area contributed by atoms with E-state index in [0.29, 0.717) is 0 Å². The second kappa shape index (κ2) is 5.08. The predicted octanol–water partition coefficient (Wildman–Crippen LogP) is 2.11. The molecule has 3 rings (SSSR count). The molecule has 0 saturated carbocycles. The molecule has 0 spiro atoms. The lowest BCUT2D eigenvalue weighted by Gasteiger charge is -2.01. The van der Waals surface area contributed by atoms with Crippen LogP contribution in [0.25, 0.3) is 10.9 Å². The number of carbonyl (C=O) groups excluding carboxylic acids is 1. The molecule has 100 valence electrons. The molecule has 0 fully saturated rings. The Morgan fingerprint density at radius 3 is 2.95 bits per heavy atom. The topological polar surface area (TPSA) is 90.6 Å². The Morgan fingerprint density at radius 1 is 1.30 bits per heavy atom. The van der Waals surface area contributed by atoms with Gasteiger partial charge in [-0.05, 0) is 52.9 Å². The van der Waals surface area contributed by atoms with Crippen molar-refractivity contribution in [3.63, 3.8) is 0 Å². The van der Waals surface area contributed by atoms with Crippen molar-refractivity contribution >= 4 is 45.1 Å². The molecule has 2 aromatic heterocycles. The summed E-state index contributed by atoms with van der Waals surface area (Å²) < 4.78 is 1.00. The number of benzene rings is 1. The molecule has 0 bridgehead atoms. The SMILES string of the molecule is O=C(Nc1ccc[nH]c1=O)c1n[nH]c2ccc(I)cc12. The van der Waals surface area contributed by atoms with E-state index in [1.54, 1.807) is 6.07 Å². The average Bonchev–Trinajstić information content (AvgIpc) is 2.84. The fourth-order valence-electron chi connectivity index (χ4n) is 1.86. The Hall–Kier alpha value is -2.16. The highest BCUT2D eigenvalue weighted by Crippen LogP contribution is 2.19. The van der Waals surface area contributed by atoms with Gasteiger partial charge in [-0.15, -0.1) is 0 Å². The summed E-state index contributed by atoms with van der Waals surface area (Å²) in [5.74, 6) is -0.421. The van der Waals surface area contributed by atoms with Crippen LogP contribution in [0.1, 0.15) is 10.5 Å². The molecule has 3 N–H and O–H groups in total. The van der Waals surface area contributed by atoms with Crippen molar-refractivity contribution < 1.29 is 4.79 Å². The van der Waals surface area contributed by atoms with Crippen molar-refractivity contribution in [2.45, 2.75) is 0 Å². The van der Waals surface area contributed by atoms with E-state index < -0.39 is 5.91 Å². The number of H-pyrrole nitrogens is 2. The molecule has 0 atom stereocenters. The van der Waals surface area contributed by atoms with Gasteiger partial charge in [0.2, 0.25) is 0 Å². The number of halogens is 1. The molecule has 0 unspecified atom stereocenters. The highest BCUT2D eigenvalue weighted by atomic mass is 127. The van der Waals surface area contributed by atoms with Gasteiger partial charge in [0.25, 0.3) is 11.5 Å². The van der Waals surface area contributed by atoms with E-state index in [9.17, 15) is 9.59 Å². The van der Waals surface area contributed by atoms with Crippen LogP contribution in [0.2, 0.25) is 0 Å². The van der Waals surface area contributed by atoms with Crippen LogP contribution < -0.4 is 10.9 Å². The van der Waals surface area contributed by atoms with Gasteiger partial charge < -0.3 is 10.3 Å². The van der Waals surface area contributed by atoms with Gasteiger partial charge in [0.1, 0.15) is 5.69 Å². The van der Waals surface area contributed by atoms with Crippen LogP contribution in [0, 0.1) is 3.57 Å². The first-order valence-electron chi connectivity index (χ1n) is 5.78. The molecule has 0 radical (unpaired) electrons. The molecule has 0 aliphatic rings. The zero-order valence-corrected chi connectivity index (χ0v) is 12.3. The minimum absolute atomic E-state index is 0.194. The monoisotopic (exact) mass is 380 g/mol. The minimum Gasteiger partial charge on any atom is -0.327 e. The Kier molecular flexibility index (Phi) is 3.26. The van der Waals surface area contributed by atoms with Crippen molar-refractivity contribution in [3.8, 4) is 0 Å². The summed E-state index contributed by atoms with van der Waals surface area (Å²) in [5.41, 5.74) is 0.883. The van der Waals surface area contributed by atoms with Crippen LogP contribution in [0.5, 0.6) is 0 Å². The molecule has 1 aromatic carbocycles. The maximum Gasteiger partial charge on any atom is 0.276 e. The summed E-state index contributed by atoms with van der Waals surface area (Å²) in [7, 11) is 0. The van der Waals surface area contributed by atoms with Crippen molar-refractivity contribution in [2.75, 3.05) is 5.32 Å². The van der Waals surface area contributed by atoms with E-state index in [-0.39, 0.29) is 16.9 Å². The summed E-state index contributed by atoms with van der Waals surface area (Å²) >= 11 is 2.17. The van der Waals surface area contributed by atoms with Gasteiger partial charge in [0.05, 0.1) is 5.52 Å². The van der Waals surface area contributed by atoms with Crippen LogP contribution in [0.4, 0.5) is 5.69 Å². The number of hydrogen-bond acceptors (Lipinski definition) is 3. The molecule has 2 heterocycles. The first-order chi connectivity index (χ1) is 9.65.